The van der Waals surface area contributed by atoms with E-state index in [-0.39, 0.29) is 0 Å². The van der Waals surface area contributed by atoms with Gasteiger partial charge in [0.2, 0.25) is 0 Å². The summed E-state index contributed by atoms with van der Waals surface area (Å²) >= 11 is 0. The van der Waals surface area contributed by atoms with Crippen LogP contribution in [0.1, 0.15) is 36.2 Å². The van der Waals surface area contributed by atoms with E-state index in [0.717, 1.165) is 24.2 Å². The van der Waals surface area contributed by atoms with Crippen molar-refractivity contribution >= 4 is 11.7 Å². The van der Waals surface area contributed by atoms with E-state index in [9.17, 15) is 9.90 Å². The van der Waals surface area contributed by atoms with Gasteiger partial charge in [-0.1, -0.05) is 25.5 Å². The van der Waals surface area contributed by atoms with E-state index < -0.39 is 5.97 Å². The molecule has 0 fully saturated rings. The van der Waals surface area contributed by atoms with Crippen molar-refractivity contribution in [3.63, 3.8) is 0 Å². The van der Waals surface area contributed by atoms with E-state index in [2.05, 4.69) is 13.8 Å². The van der Waals surface area contributed by atoms with Crippen LogP contribution in [-0.2, 0) is 0 Å². The summed E-state index contributed by atoms with van der Waals surface area (Å²) in [5.74, 6) is -0.240. The Morgan fingerprint density at radius 3 is 2.59 bits per heavy atom. The molecule has 3 heteroatoms. The summed E-state index contributed by atoms with van der Waals surface area (Å²) < 4.78 is 0. The second-order valence-corrected chi connectivity index (χ2v) is 4.93. The average Bonchev–Trinajstić information content (AvgIpc) is 2.25. The Morgan fingerprint density at radius 1 is 1.41 bits per heavy atom. The molecule has 0 saturated heterocycles. The monoisotopic (exact) mass is 235 g/mol. The smallest absolute Gasteiger partial charge is 0.337 e. The molecule has 0 saturated carbocycles. The molecule has 1 rings (SSSR count). The first-order valence-corrected chi connectivity index (χ1v) is 5.97. The van der Waals surface area contributed by atoms with Crippen molar-refractivity contribution in [2.75, 3.05) is 18.5 Å². The SMILES string of the molecule is Cc1ccc(N(C)CCC(C)C)c(C(=O)O)c1. The first-order chi connectivity index (χ1) is 7.91. The third-order valence-electron chi connectivity index (χ3n) is 2.84. The lowest BCUT2D eigenvalue weighted by Crippen LogP contribution is -2.22. The highest BCUT2D eigenvalue weighted by molar-refractivity contribution is 5.94. The molecule has 94 valence electrons. The van der Waals surface area contributed by atoms with Crippen LogP contribution < -0.4 is 4.90 Å². The summed E-state index contributed by atoms with van der Waals surface area (Å²) in [7, 11) is 1.94. The van der Waals surface area contributed by atoms with E-state index >= 15 is 0 Å². The van der Waals surface area contributed by atoms with Gasteiger partial charge in [-0.15, -0.1) is 0 Å². The standard InChI is InChI=1S/C14H21NO2/c1-10(2)7-8-15(4)13-6-5-11(3)9-12(13)14(16)17/h5-6,9-10H,7-8H2,1-4H3,(H,16,17). The zero-order chi connectivity index (χ0) is 13.0. The first kappa shape index (κ1) is 13.6. The van der Waals surface area contributed by atoms with Crippen molar-refractivity contribution in [3.8, 4) is 0 Å². The van der Waals surface area contributed by atoms with Gasteiger partial charge < -0.3 is 10.0 Å². The molecule has 0 bridgehead atoms. The van der Waals surface area contributed by atoms with Gasteiger partial charge in [0.25, 0.3) is 0 Å². The van der Waals surface area contributed by atoms with Crippen LogP contribution in [-0.4, -0.2) is 24.7 Å². The minimum Gasteiger partial charge on any atom is -0.478 e. The van der Waals surface area contributed by atoms with Gasteiger partial charge in [0.05, 0.1) is 11.3 Å². The fourth-order valence-electron chi connectivity index (χ4n) is 1.73. The largest absolute Gasteiger partial charge is 0.478 e. The summed E-state index contributed by atoms with van der Waals surface area (Å²) in [6, 6.07) is 5.57. The minimum atomic E-state index is -0.861. The maximum Gasteiger partial charge on any atom is 0.337 e. The Balaban J connectivity index is 2.92. The molecule has 0 radical (unpaired) electrons. The molecule has 0 heterocycles. The summed E-state index contributed by atoms with van der Waals surface area (Å²) in [5.41, 5.74) is 2.16. The van der Waals surface area contributed by atoms with Gasteiger partial charge in [-0.3, -0.25) is 0 Å². The molecule has 1 aromatic rings. The Morgan fingerprint density at radius 2 is 2.06 bits per heavy atom. The summed E-state index contributed by atoms with van der Waals surface area (Å²) in [6.45, 7) is 7.12. The highest BCUT2D eigenvalue weighted by Crippen LogP contribution is 2.21. The number of anilines is 1. The zero-order valence-corrected chi connectivity index (χ0v) is 11.0. The van der Waals surface area contributed by atoms with Crippen LogP contribution in [0.5, 0.6) is 0 Å². The highest BCUT2D eigenvalue weighted by atomic mass is 16.4. The van der Waals surface area contributed by atoms with Gasteiger partial charge in [-0.25, -0.2) is 4.79 Å². The minimum absolute atomic E-state index is 0.385. The van der Waals surface area contributed by atoms with Crippen LogP contribution in [0, 0.1) is 12.8 Å². The summed E-state index contributed by atoms with van der Waals surface area (Å²) in [6.07, 6.45) is 1.06. The topological polar surface area (TPSA) is 40.5 Å². The number of aromatic carboxylic acids is 1. The predicted octanol–water partition coefficient (Wildman–Crippen LogP) is 3.18. The predicted molar refractivity (Wildman–Crippen MR) is 70.9 cm³/mol. The molecular weight excluding hydrogens is 214 g/mol. The van der Waals surface area contributed by atoms with Crippen molar-refractivity contribution in [3.05, 3.63) is 29.3 Å². The Kier molecular flexibility index (Phi) is 4.55. The fourth-order valence-corrected chi connectivity index (χ4v) is 1.73. The van der Waals surface area contributed by atoms with Crippen molar-refractivity contribution < 1.29 is 9.90 Å². The summed E-state index contributed by atoms with van der Waals surface area (Å²) in [5, 5.41) is 9.19. The quantitative estimate of drug-likeness (QED) is 0.852. The van der Waals surface area contributed by atoms with Gasteiger partial charge in [0.15, 0.2) is 0 Å². The van der Waals surface area contributed by atoms with Crippen molar-refractivity contribution in [2.45, 2.75) is 27.2 Å². The second-order valence-electron chi connectivity index (χ2n) is 4.93. The molecule has 0 unspecified atom stereocenters. The Bertz CT molecular complexity index is 399. The van der Waals surface area contributed by atoms with Crippen LogP contribution in [0.25, 0.3) is 0 Å². The molecule has 17 heavy (non-hydrogen) atoms. The number of aryl methyl sites for hydroxylation is 1. The van der Waals surface area contributed by atoms with E-state index in [1.54, 1.807) is 6.07 Å². The number of rotatable bonds is 5. The summed E-state index contributed by atoms with van der Waals surface area (Å²) in [4.78, 5) is 13.2. The third kappa shape index (κ3) is 3.77. The van der Waals surface area contributed by atoms with E-state index in [1.807, 2.05) is 31.0 Å². The number of carboxylic acid groups (broad SMARTS) is 1. The lowest BCUT2D eigenvalue weighted by molar-refractivity contribution is 0.0697. The third-order valence-corrected chi connectivity index (χ3v) is 2.84. The first-order valence-electron chi connectivity index (χ1n) is 5.97. The molecule has 3 nitrogen and oxygen atoms in total. The number of carboxylic acids is 1. The number of nitrogens with zero attached hydrogens (tertiary/aromatic N) is 1. The van der Waals surface area contributed by atoms with Crippen LogP contribution in [0.4, 0.5) is 5.69 Å². The van der Waals surface area contributed by atoms with Crippen LogP contribution >= 0.6 is 0 Å². The van der Waals surface area contributed by atoms with Gasteiger partial charge >= 0.3 is 5.97 Å². The van der Waals surface area contributed by atoms with Crippen LogP contribution in [0.15, 0.2) is 18.2 Å². The molecule has 0 aliphatic rings. The number of carbonyl (C=O) groups is 1. The molecule has 0 amide bonds. The van der Waals surface area contributed by atoms with E-state index in [1.165, 1.54) is 0 Å². The highest BCUT2D eigenvalue weighted by Gasteiger charge is 2.13. The van der Waals surface area contributed by atoms with Gasteiger partial charge in [-0.2, -0.15) is 0 Å². The Hall–Kier alpha value is -1.51. The molecule has 0 atom stereocenters. The lowest BCUT2D eigenvalue weighted by Gasteiger charge is -2.22. The van der Waals surface area contributed by atoms with Crippen LogP contribution in [0.2, 0.25) is 0 Å². The molecule has 0 spiro atoms. The molecule has 0 aromatic heterocycles. The molecule has 1 N–H and O–H groups in total. The molecule has 0 aliphatic heterocycles. The molecule has 0 aliphatic carbocycles. The van der Waals surface area contributed by atoms with E-state index in [0.29, 0.717) is 11.5 Å². The van der Waals surface area contributed by atoms with Gasteiger partial charge in [0, 0.05) is 13.6 Å². The van der Waals surface area contributed by atoms with Crippen molar-refractivity contribution in [1.82, 2.24) is 0 Å². The van der Waals surface area contributed by atoms with Crippen molar-refractivity contribution in [2.24, 2.45) is 5.92 Å². The maximum atomic E-state index is 11.2. The van der Waals surface area contributed by atoms with Gasteiger partial charge in [0.1, 0.15) is 0 Å². The van der Waals surface area contributed by atoms with Gasteiger partial charge in [-0.05, 0) is 31.4 Å². The van der Waals surface area contributed by atoms with Crippen LogP contribution in [0.3, 0.4) is 0 Å². The zero-order valence-electron chi connectivity index (χ0n) is 11.0. The molecular formula is C14H21NO2. The number of benzene rings is 1. The number of hydrogen-bond acceptors (Lipinski definition) is 2. The second kappa shape index (κ2) is 5.71. The normalized spacial score (nSPS) is 10.6. The van der Waals surface area contributed by atoms with Crippen molar-refractivity contribution in [1.29, 1.82) is 0 Å². The Labute approximate surface area is 103 Å². The number of hydrogen-bond donors (Lipinski definition) is 1. The fraction of sp³-hybridized carbons (Fsp3) is 0.500. The molecule has 1 aromatic carbocycles. The lowest BCUT2D eigenvalue weighted by atomic mass is 10.1. The maximum absolute atomic E-state index is 11.2. The van der Waals surface area contributed by atoms with E-state index in [4.69, 9.17) is 0 Å². The average molecular weight is 235 g/mol.